The third-order valence-electron chi connectivity index (χ3n) is 5.97. The lowest BCUT2D eigenvalue weighted by Gasteiger charge is -2.19. The van der Waals surface area contributed by atoms with Crippen LogP contribution < -0.4 is 9.47 Å². The van der Waals surface area contributed by atoms with E-state index in [0.717, 1.165) is 29.5 Å². The highest BCUT2D eigenvalue weighted by molar-refractivity contribution is 7.67. The topological polar surface area (TPSA) is 69.7 Å². The summed E-state index contributed by atoms with van der Waals surface area (Å²) < 4.78 is 24.3. The molecule has 6 heteroatoms. The molecule has 2 aromatic carbocycles. The molecule has 1 fully saturated rings. The molecule has 5 nitrogen and oxygen atoms in total. The highest BCUT2D eigenvalue weighted by Gasteiger charge is 2.61. The van der Waals surface area contributed by atoms with Gasteiger partial charge in [-0.2, -0.15) is 0 Å². The smallest absolute Gasteiger partial charge is 0.434 e. The molecule has 1 aliphatic carbocycles. The third-order valence-corrected chi connectivity index (χ3v) is 7.99. The number of benzene rings is 2. The van der Waals surface area contributed by atoms with Crippen molar-refractivity contribution in [2.75, 3.05) is 14.2 Å². The average molecular weight is 427 g/mol. The van der Waals surface area contributed by atoms with Crippen LogP contribution in [-0.2, 0) is 4.57 Å². The largest absolute Gasteiger partial charge is 0.497 e. The van der Waals surface area contributed by atoms with Gasteiger partial charge in [0, 0.05) is 18.9 Å². The van der Waals surface area contributed by atoms with E-state index in [9.17, 15) is 14.2 Å². The molecule has 0 heterocycles. The predicted molar refractivity (Wildman–Crippen MR) is 118 cm³/mol. The quantitative estimate of drug-likeness (QED) is 0.413. The van der Waals surface area contributed by atoms with Gasteiger partial charge in [-0.15, -0.1) is 0 Å². The molecule has 0 aromatic heterocycles. The molecule has 1 unspecified atom stereocenters. The fourth-order valence-electron chi connectivity index (χ4n) is 4.53. The maximum absolute atomic E-state index is 13.7. The second kappa shape index (κ2) is 8.69. The zero-order chi connectivity index (χ0) is 22.1. The van der Waals surface area contributed by atoms with Crippen molar-refractivity contribution in [2.24, 2.45) is 0 Å². The van der Waals surface area contributed by atoms with Crippen molar-refractivity contribution in [2.45, 2.75) is 51.6 Å². The Morgan fingerprint density at radius 2 is 1.53 bits per heavy atom. The number of hydrogen-bond donors (Lipinski definition) is 0. The maximum Gasteiger partial charge on any atom is 0.434 e. The SMILES string of the molecule is COc1ccc(C(=O)C2([P+](=O)C(=O)c3c(C)cc(C)cc3C)CCCC2)c(OC)c1. The Bertz CT molecular complexity index is 995. The Balaban J connectivity index is 2.06. The second-order valence-corrected chi connectivity index (χ2v) is 9.86. The molecule has 0 aliphatic heterocycles. The van der Waals surface area contributed by atoms with Crippen molar-refractivity contribution in [1.29, 1.82) is 0 Å². The van der Waals surface area contributed by atoms with Gasteiger partial charge < -0.3 is 9.47 Å². The number of carbonyl (C=O) groups is 2. The summed E-state index contributed by atoms with van der Waals surface area (Å²) >= 11 is 0. The minimum absolute atomic E-state index is 0.281. The molecule has 3 rings (SSSR count). The number of Topliss-reactive ketones (excluding diaryl/α,β-unsaturated/α-hetero) is 1. The summed E-state index contributed by atoms with van der Waals surface area (Å²) in [6.45, 7) is 5.67. The van der Waals surface area contributed by atoms with Gasteiger partial charge >= 0.3 is 13.3 Å². The van der Waals surface area contributed by atoms with Crippen LogP contribution in [0.3, 0.4) is 0 Å². The van der Waals surface area contributed by atoms with Gasteiger partial charge in [-0.1, -0.05) is 22.3 Å². The van der Waals surface area contributed by atoms with E-state index in [4.69, 9.17) is 9.47 Å². The molecular weight excluding hydrogens is 399 g/mol. The molecule has 0 bridgehead atoms. The first-order valence-electron chi connectivity index (χ1n) is 10.1. The summed E-state index contributed by atoms with van der Waals surface area (Å²) in [6, 6.07) is 8.79. The summed E-state index contributed by atoms with van der Waals surface area (Å²) in [6.07, 6.45) is 2.41. The normalized spacial score (nSPS) is 15.6. The van der Waals surface area contributed by atoms with Gasteiger partial charge in [0.05, 0.1) is 25.3 Å². The van der Waals surface area contributed by atoms with Gasteiger partial charge in [0.1, 0.15) is 11.5 Å². The van der Waals surface area contributed by atoms with Crippen LogP contribution in [0.15, 0.2) is 30.3 Å². The van der Waals surface area contributed by atoms with Crippen LogP contribution in [0.4, 0.5) is 0 Å². The molecule has 0 saturated heterocycles. The Labute approximate surface area is 178 Å². The fourth-order valence-corrected chi connectivity index (χ4v) is 6.50. The van der Waals surface area contributed by atoms with Crippen LogP contribution in [0, 0.1) is 20.8 Å². The van der Waals surface area contributed by atoms with Crippen molar-refractivity contribution < 1.29 is 23.6 Å². The van der Waals surface area contributed by atoms with E-state index in [1.807, 2.05) is 32.9 Å². The fraction of sp³-hybridized carbons (Fsp3) is 0.417. The molecule has 30 heavy (non-hydrogen) atoms. The highest BCUT2D eigenvalue weighted by Crippen LogP contribution is 2.55. The molecule has 158 valence electrons. The number of rotatable bonds is 7. The zero-order valence-corrected chi connectivity index (χ0v) is 19.1. The number of aryl methyl sites for hydroxylation is 3. The van der Waals surface area contributed by atoms with Crippen LogP contribution in [0.5, 0.6) is 11.5 Å². The predicted octanol–water partition coefficient (Wildman–Crippen LogP) is 5.79. The Hall–Kier alpha value is -2.52. The molecule has 1 atom stereocenters. The Morgan fingerprint density at radius 3 is 2.07 bits per heavy atom. The van der Waals surface area contributed by atoms with Crippen molar-refractivity contribution in [3.05, 3.63) is 58.1 Å². The second-order valence-electron chi connectivity index (χ2n) is 8.01. The molecule has 0 amide bonds. The van der Waals surface area contributed by atoms with E-state index in [0.29, 0.717) is 35.5 Å². The molecule has 1 saturated carbocycles. The van der Waals surface area contributed by atoms with E-state index in [1.165, 1.54) is 14.2 Å². The van der Waals surface area contributed by atoms with Crippen molar-refractivity contribution in [3.8, 4) is 11.5 Å². The molecule has 0 N–H and O–H groups in total. The van der Waals surface area contributed by atoms with Gasteiger partial charge in [-0.25, -0.2) is 4.79 Å². The monoisotopic (exact) mass is 427 g/mol. The maximum atomic E-state index is 13.7. The Kier molecular flexibility index (Phi) is 6.42. The minimum atomic E-state index is -2.46. The number of ether oxygens (including phenoxy) is 2. The van der Waals surface area contributed by atoms with E-state index in [2.05, 4.69) is 0 Å². The summed E-state index contributed by atoms with van der Waals surface area (Å²) in [5.74, 6) is 0.649. The standard InChI is InChI=1S/C24H28O5P/c1-15-12-16(2)21(17(3)13-15)23(26)30(27)24(10-6-7-11-24)22(25)19-9-8-18(28-4)14-20(19)29-5/h8-9,12-14H,6-7,10-11H2,1-5H3/q+1. The summed E-state index contributed by atoms with van der Waals surface area (Å²) in [5.41, 5.74) is 3.03. The molecule has 1 aliphatic rings. The molecular formula is C24H28O5P+. The van der Waals surface area contributed by atoms with E-state index in [1.54, 1.807) is 18.2 Å². The lowest BCUT2D eigenvalue weighted by molar-refractivity contribution is 0.0928. The van der Waals surface area contributed by atoms with Gasteiger partial charge in [-0.3, -0.25) is 4.79 Å². The van der Waals surface area contributed by atoms with Crippen LogP contribution in [0.25, 0.3) is 0 Å². The van der Waals surface area contributed by atoms with Crippen LogP contribution in [-0.4, -0.2) is 30.7 Å². The average Bonchev–Trinajstić information content (AvgIpc) is 3.22. The third kappa shape index (κ3) is 3.79. The van der Waals surface area contributed by atoms with E-state index < -0.39 is 18.5 Å². The summed E-state index contributed by atoms with van der Waals surface area (Å²) in [4.78, 5) is 27.1. The van der Waals surface area contributed by atoms with E-state index in [-0.39, 0.29) is 5.78 Å². The highest BCUT2D eigenvalue weighted by atomic mass is 31.1. The number of carbonyl (C=O) groups excluding carboxylic acids is 2. The molecule has 0 spiro atoms. The summed E-state index contributed by atoms with van der Waals surface area (Å²) in [7, 11) is 0.559. The number of methoxy groups -OCH3 is 2. The lowest BCUT2D eigenvalue weighted by atomic mass is 9.94. The van der Waals surface area contributed by atoms with Gasteiger partial charge in [-0.05, 0) is 56.9 Å². The zero-order valence-electron chi connectivity index (χ0n) is 18.2. The van der Waals surface area contributed by atoms with Crippen molar-refractivity contribution in [3.63, 3.8) is 0 Å². The number of ketones is 1. The molecule has 2 aromatic rings. The van der Waals surface area contributed by atoms with Crippen molar-refractivity contribution in [1.82, 2.24) is 0 Å². The summed E-state index contributed by atoms with van der Waals surface area (Å²) in [5, 5.41) is -1.20. The minimum Gasteiger partial charge on any atom is -0.497 e. The van der Waals surface area contributed by atoms with Crippen LogP contribution >= 0.6 is 7.80 Å². The van der Waals surface area contributed by atoms with Gasteiger partial charge in [0.2, 0.25) is 10.9 Å². The number of hydrogen-bond acceptors (Lipinski definition) is 5. The Morgan fingerprint density at radius 1 is 0.933 bits per heavy atom. The van der Waals surface area contributed by atoms with Gasteiger partial charge in [0.25, 0.3) is 0 Å². The first-order valence-corrected chi connectivity index (χ1v) is 11.4. The van der Waals surface area contributed by atoms with Crippen molar-refractivity contribution >= 4 is 19.1 Å². The van der Waals surface area contributed by atoms with E-state index >= 15 is 0 Å². The first kappa shape index (κ1) is 22.2. The van der Waals surface area contributed by atoms with Crippen LogP contribution in [0.2, 0.25) is 0 Å². The lowest BCUT2D eigenvalue weighted by Crippen LogP contribution is -2.34. The van der Waals surface area contributed by atoms with Crippen LogP contribution in [0.1, 0.15) is 63.1 Å². The molecule has 0 radical (unpaired) electrons. The first-order chi connectivity index (χ1) is 14.2. The van der Waals surface area contributed by atoms with Gasteiger partial charge in [0.15, 0.2) is 0 Å².